The molecular weight excluding hydrogens is 438 g/mol. The van der Waals surface area contributed by atoms with Gasteiger partial charge in [0.25, 0.3) is 17.5 Å². The lowest BCUT2D eigenvalue weighted by atomic mass is 10.2. The molecule has 3 aromatic rings. The zero-order valence-electron chi connectivity index (χ0n) is 17.7. The molecule has 0 heterocycles. The highest BCUT2D eigenvalue weighted by atomic mass is 16.6. The standard InChI is InChI=1S/C25H19N3O6/c29-23(26-27-25(31)20-11-14-21(15-12-20)28(32)33)16-13-19-8-4-5-9-22(19)34-24(30)17-10-18-6-2-1-3-7-18/h1-17H,(H,26,29)(H,27,31)/b16-13+,17-10+. The first-order valence-electron chi connectivity index (χ1n) is 9.99. The largest absolute Gasteiger partial charge is 0.423 e. The van der Waals surface area contributed by atoms with E-state index in [1.54, 1.807) is 30.3 Å². The molecule has 0 saturated carbocycles. The Balaban J connectivity index is 1.56. The number of hydrogen-bond acceptors (Lipinski definition) is 6. The summed E-state index contributed by atoms with van der Waals surface area (Å²) in [6.45, 7) is 0. The second-order valence-corrected chi connectivity index (χ2v) is 6.78. The topological polar surface area (TPSA) is 128 Å². The van der Waals surface area contributed by atoms with Crippen LogP contribution in [0.2, 0.25) is 0 Å². The Bertz CT molecular complexity index is 1250. The molecule has 0 aliphatic heterocycles. The number of nitrogens with one attached hydrogen (secondary N) is 2. The van der Waals surface area contributed by atoms with E-state index in [0.717, 1.165) is 11.6 Å². The summed E-state index contributed by atoms with van der Waals surface area (Å²) < 4.78 is 5.36. The summed E-state index contributed by atoms with van der Waals surface area (Å²) in [7, 11) is 0. The molecule has 9 heteroatoms. The Morgan fingerprint density at radius 2 is 1.47 bits per heavy atom. The summed E-state index contributed by atoms with van der Waals surface area (Å²) in [5.41, 5.74) is 5.72. The number of carbonyl (C=O) groups excluding carboxylic acids is 3. The highest BCUT2D eigenvalue weighted by Gasteiger charge is 2.10. The van der Waals surface area contributed by atoms with Gasteiger partial charge in [0.2, 0.25) is 0 Å². The molecule has 3 rings (SSSR count). The lowest BCUT2D eigenvalue weighted by Gasteiger charge is -2.06. The molecule has 0 radical (unpaired) electrons. The van der Waals surface area contributed by atoms with Crippen LogP contribution in [0.4, 0.5) is 5.69 Å². The first kappa shape index (κ1) is 23.6. The second-order valence-electron chi connectivity index (χ2n) is 6.78. The van der Waals surface area contributed by atoms with Crippen LogP contribution in [-0.4, -0.2) is 22.7 Å². The van der Waals surface area contributed by atoms with Crippen molar-refractivity contribution in [3.8, 4) is 5.75 Å². The van der Waals surface area contributed by atoms with E-state index < -0.39 is 22.7 Å². The predicted octanol–water partition coefficient (Wildman–Crippen LogP) is 3.69. The summed E-state index contributed by atoms with van der Waals surface area (Å²) in [6, 6.07) is 20.8. The van der Waals surface area contributed by atoms with Crippen LogP contribution in [0.25, 0.3) is 12.2 Å². The molecule has 0 aromatic heterocycles. The van der Waals surface area contributed by atoms with Crippen LogP contribution in [0.15, 0.2) is 91.0 Å². The first-order chi connectivity index (χ1) is 16.4. The minimum Gasteiger partial charge on any atom is -0.423 e. The maximum atomic E-state index is 12.1. The Kier molecular flexibility index (Phi) is 8.01. The van der Waals surface area contributed by atoms with E-state index in [9.17, 15) is 24.5 Å². The van der Waals surface area contributed by atoms with Crippen LogP contribution in [0.5, 0.6) is 5.75 Å². The molecule has 0 unspecified atom stereocenters. The molecule has 0 aliphatic carbocycles. The summed E-state index contributed by atoms with van der Waals surface area (Å²) >= 11 is 0. The highest BCUT2D eigenvalue weighted by molar-refractivity contribution is 5.98. The highest BCUT2D eigenvalue weighted by Crippen LogP contribution is 2.20. The fourth-order valence-corrected chi connectivity index (χ4v) is 2.71. The van der Waals surface area contributed by atoms with Gasteiger partial charge in [-0.3, -0.25) is 30.6 Å². The van der Waals surface area contributed by atoms with Crippen molar-refractivity contribution in [3.05, 3.63) is 118 Å². The predicted molar refractivity (Wildman–Crippen MR) is 125 cm³/mol. The second kappa shape index (κ2) is 11.5. The van der Waals surface area contributed by atoms with Crippen LogP contribution in [0.1, 0.15) is 21.5 Å². The van der Waals surface area contributed by atoms with Crippen LogP contribution in [0.3, 0.4) is 0 Å². The van der Waals surface area contributed by atoms with Crippen molar-refractivity contribution in [2.75, 3.05) is 0 Å². The van der Waals surface area contributed by atoms with E-state index >= 15 is 0 Å². The summed E-state index contributed by atoms with van der Waals surface area (Å²) in [5.74, 6) is -1.61. The fraction of sp³-hybridized carbons (Fsp3) is 0. The van der Waals surface area contributed by atoms with Crippen molar-refractivity contribution in [1.29, 1.82) is 0 Å². The number of esters is 1. The Morgan fingerprint density at radius 3 is 2.18 bits per heavy atom. The van der Waals surface area contributed by atoms with Gasteiger partial charge >= 0.3 is 5.97 Å². The van der Waals surface area contributed by atoms with E-state index in [1.165, 1.54) is 36.4 Å². The molecule has 0 aliphatic rings. The van der Waals surface area contributed by atoms with Crippen LogP contribution < -0.4 is 15.6 Å². The minimum absolute atomic E-state index is 0.135. The van der Waals surface area contributed by atoms with Crippen molar-refractivity contribution < 1.29 is 24.0 Å². The van der Waals surface area contributed by atoms with Crippen molar-refractivity contribution in [3.63, 3.8) is 0 Å². The van der Waals surface area contributed by atoms with Gasteiger partial charge in [0.1, 0.15) is 5.75 Å². The van der Waals surface area contributed by atoms with Crippen LogP contribution in [-0.2, 0) is 9.59 Å². The average molecular weight is 457 g/mol. The molecule has 0 bridgehead atoms. The fourth-order valence-electron chi connectivity index (χ4n) is 2.71. The number of benzene rings is 3. The maximum Gasteiger partial charge on any atom is 0.336 e. The third-order valence-corrected chi connectivity index (χ3v) is 4.39. The molecule has 0 atom stereocenters. The third kappa shape index (κ3) is 6.99. The monoisotopic (exact) mass is 457 g/mol. The quantitative estimate of drug-likeness (QED) is 0.183. The zero-order chi connectivity index (χ0) is 24.3. The van der Waals surface area contributed by atoms with Gasteiger partial charge in [-0.05, 0) is 35.9 Å². The molecule has 3 aromatic carbocycles. The lowest BCUT2D eigenvalue weighted by Crippen LogP contribution is -2.40. The van der Waals surface area contributed by atoms with Gasteiger partial charge < -0.3 is 4.74 Å². The first-order valence-corrected chi connectivity index (χ1v) is 9.99. The summed E-state index contributed by atoms with van der Waals surface area (Å²) in [4.78, 5) is 46.4. The van der Waals surface area contributed by atoms with E-state index in [1.807, 2.05) is 30.3 Å². The molecule has 0 fully saturated rings. The summed E-state index contributed by atoms with van der Waals surface area (Å²) in [5, 5.41) is 10.7. The van der Waals surface area contributed by atoms with Crippen LogP contribution in [0, 0.1) is 10.1 Å². The third-order valence-electron chi connectivity index (χ3n) is 4.39. The van der Waals surface area contributed by atoms with Crippen molar-refractivity contribution >= 4 is 35.6 Å². The molecule has 2 N–H and O–H groups in total. The number of nitrogens with zero attached hydrogens (tertiary/aromatic N) is 1. The maximum absolute atomic E-state index is 12.1. The normalized spacial score (nSPS) is 10.7. The number of para-hydroxylation sites is 1. The van der Waals surface area contributed by atoms with Gasteiger partial charge in [0, 0.05) is 35.4 Å². The van der Waals surface area contributed by atoms with Gasteiger partial charge in [0.15, 0.2) is 0 Å². The Hall–Kier alpha value is -5.05. The van der Waals surface area contributed by atoms with E-state index in [2.05, 4.69) is 10.9 Å². The molecule has 0 spiro atoms. The number of hydrogen-bond donors (Lipinski definition) is 2. The van der Waals surface area contributed by atoms with E-state index in [4.69, 9.17) is 4.74 Å². The number of hydrazine groups is 1. The molecule has 0 saturated heterocycles. The zero-order valence-corrected chi connectivity index (χ0v) is 17.7. The van der Waals surface area contributed by atoms with Crippen LogP contribution >= 0.6 is 0 Å². The lowest BCUT2D eigenvalue weighted by molar-refractivity contribution is -0.384. The van der Waals surface area contributed by atoms with Crippen molar-refractivity contribution in [2.24, 2.45) is 0 Å². The number of nitro groups is 1. The van der Waals surface area contributed by atoms with Gasteiger partial charge in [-0.2, -0.15) is 0 Å². The Labute approximate surface area is 194 Å². The molecule has 170 valence electrons. The molecule has 9 nitrogen and oxygen atoms in total. The summed E-state index contributed by atoms with van der Waals surface area (Å²) in [6.07, 6.45) is 5.51. The average Bonchev–Trinajstić information content (AvgIpc) is 2.86. The number of amides is 2. The molecule has 34 heavy (non-hydrogen) atoms. The smallest absolute Gasteiger partial charge is 0.336 e. The van der Waals surface area contributed by atoms with Crippen molar-refractivity contribution in [1.82, 2.24) is 10.9 Å². The van der Waals surface area contributed by atoms with Gasteiger partial charge in [0.05, 0.1) is 4.92 Å². The SMILES string of the molecule is O=C(/C=C/c1ccccc1OC(=O)/C=C/c1ccccc1)NNC(=O)c1ccc([N+](=O)[O-])cc1. The van der Waals surface area contributed by atoms with Gasteiger partial charge in [-0.1, -0.05) is 48.5 Å². The van der Waals surface area contributed by atoms with E-state index in [-0.39, 0.29) is 17.0 Å². The molecular formula is C25H19N3O6. The number of non-ortho nitro benzene ring substituents is 1. The minimum atomic E-state index is -0.642. The van der Waals surface area contributed by atoms with Gasteiger partial charge in [-0.25, -0.2) is 4.79 Å². The van der Waals surface area contributed by atoms with Gasteiger partial charge in [-0.15, -0.1) is 0 Å². The number of ether oxygens (including phenoxy) is 1. The molecule has 2 amide bonds. The Morgan fingerprint density at radius 1 is 0.794 bits per heavy atom. The number of carbonyl (C=O) groups is 3. The van der Waals surface area contributed by atoms with Crippen molar-refractivity contribution in [2.45, 2.75) is 0 Å². The number of nitro benzene ring substituents is 1. The van der Waals surface area contributed by atoms with E-state index in [0.29, 0.717) is 5.56 Å². The number of rotatable bonds is 7.